The van der Waals surface area contributed by atoms with Crippen molar-refractivity contribution in [1.29, 1.82) is 0 Å². The molecule has 0 aliphatic heterocycles. The number of aromatic nitrogens is 1. The van der Waals surface area contributed by atoms with Crippen molar-refractivity contribution >= 4 is 11.7 Å². The number of nitrogens with zero attached hydrogens (tertiary/aromatic N) is 2. The zero-order valence-corrected chi connectivity index (χ0v) is 9.73. The molecule has 1 amide bonds. The quantitative estimate of drug-likeness (QED) is 0.748. The number of nitrogen functional groups attached to an aromatic ring is 1. The maximum Gasteiger partial charge on any atom is 0.233 e. The number of pyridine rings is 1. The largest absolute Gasteiger partial charge is 0.384 e. The molecule has 0 radical (unpaired) electrons. The third-order valence-corrected chi connectivity index (χ3v) is 2.31. The average Bonchev–Trinajstić information content (AvgIpc) is 2.28. The standard InChI is InChI=1S/C11H18N4O/c1-3-15(8-11(16)13-2)7-9-5-4-6-10(12)14-9/h4-6H,3,7-8H2,1-2H3,(H2,12,14)(H,13,16). The van der Waals surface area contributed by atoms with Gasteiger partial charge in [0.1, 0.15) is 5.82 Å². The van der Waals surface area contributed by atoms with Crippen LogP contribution in [0.15, 0.2) is 18.2 Å². The van der Waals surface area contributed by atoms with Crippen LogP contribution in [-0.2, 0) is 11.3 Å². The zero-order valence-electron chi connectivity index (χ0n) is 9.73. The molecule has 0 atom stereocenters. The molecule has 5 heteroatoms. The van der Waals surface area contributed by atoms with Crippen LogP contribution in [0.25, 0.3) is 0 Å². The van der Waals surface area contributed by atoms with Crippen molar-refractivity contribution in [2.24, 2.45) is 0 Å². The summed E-state index contributed by atoms with van der Waals surface area (Å²) >= 11 is 0. The molecule has 0 unspecified atom stereocenters. The lowest BCUT2D eigenvalue weighted by Crippen LogP contribution is -2.35. The van der Waals surface area contributed by atoms with Gasteiger partial charge in [-0.2, -0.15) is 0 Å². The predicted molar refractivity (Wildman–Crippen MR) is 63.7 cm³/mol. The molecule has 0 saturated carbocycles. The molecule has 0 aliphatic rings. The van der Waals surface area contributed by atoms with Crippen LogP contribution in [0.4, 0.5) is 5.82 Å². The molecular weight excluding hydrogens is 204 g/mol. The lowest BCUT2D eigenvalue weighted by atomic mass is 10.3. The first-order valence-corrected chi connectivity index (χ1v) is 5.30. The number of nitrogens with one attached hydrogen (secondary N) is 1. The topological polar surface area (TPSA) is 71.2 Å². The number of hydrogen-bond acceptors (Lipinski definition) is 4. The number of carbonyl (C=O) groups excluding carboxylic acids is 1. The SMILES string of the molecule is CCN(CC(=O)NC)Cc1cccc(N)n1. The van der Waals surface area contributed by atoms with E-state index in [0.29, 0.717) is 18.9 Å². The molecular formula is C11H18N4O. The van der Waals surface area contributed by atoms with Crippen LogP contribution in [0, 0.1) is 0 Å². The molecule has 1 aromatic rings. The summed E-state index contributed by atoms with van der Waals surface area (Å²) in [6, 6.07) is 5.52. The molecule has 1 aromatic heterocycles. The summed E-state index contributed by atoms with van der Waals surface area (Å²) in [6.45, 7) is 3.82. The predicted octanol–water partition coefficient (Wildman–Crippen LogP) is 0.232. The van der Waals surface area contributed by atoms with Crippen molar-refractivity contribution in [3.05, 3.63) is 23.9 Å². The summed E-state index contributed by atoms with van der Waals surface area (Å²) in [5.41, 5.74) is 6.47. The highest BCUT2D eigenvalue weighted by molar-refractivity contribution is 5.77. The van der Waals surface area contributed by atoms with Gasteiger partial charge in [-0.15, -0.1) is 0 Å². The Kier molecular flexibility index (Phi) is 4.72. The van der Waals surface area contributed by atoms with E-state index in [1.165, 1.54) is 0 Å². The van der Waals surface area contributed by atoms with Crippen molar-refractivity contribution in [3.63, 3.8) is 0 Å². The average molecular weight is 222 g/mol. The number of carbonyl (C=O) groups is 1. The molecule has 3 N–H and O–H groups in total. The van der Waals surface area contributed by atoms with Crippen molar-refractivity contribution < 1.29 is 4.79 Å². The fourth-order valence-electron chi connectivity index (χ4n) is 1.38. The number of nitrogens with two attached hydrogens (primary N) is 1. The molecule has 0 fully saturated rings. The summed E-state index contributed by atoms with van der Waals surface area (Å²) < 4.78 is 0. The van der Waals surface area contributed by atoms with Gasteiger partial charge in [0.15, 0.2) is 0 Å². The third-order valence-electron chi connectivity index (χ3n) is 2.31. The van der Waals surface area contributed by atoms with Crippen LogP contribution in [0.5, 0.6) is 0 Å². The van der Waals surface area contributed by atoms with Crippen molar-refractivity contribution in [2.75, 3.05) is 25.9 Å². The number of rotatable bonds is 5. The molecule has 0 aromatic carbocycles. The van der Waals surface area contributed by atoms with Crippen molar-refractivity contribution in [1.82, 2.24) is 15.2 Å². The van der Waals surface area contributed by atoms with Crippen LogP contribution in [0.1, 0.15) is 12.6 Å². The van der Waals surface area contributed by atoms with Gasteiger partial charge in [0.2, 0.25) is 5.91 Å². The second-order valence-corrected chi connectivity index (χ2v) is 3.53. The van der Waals surface area contributed by atoms with Gasteiger partial charge in [0, 0.05) is 13.6 Å². The summed E-state index contributed by atoms with van der Waals surface area (Å²) in [6.07, 6.45) is 0. The first-order chi connectivity index (χ1) is 7.65. The van der Waals surface area contributed by atoms with Gasteiger partial charge in [-0.3, -0.25) is 9.69 Å². The Morgan fingerprint density at radius 2 is 2.31 bits per heavy atom. The fourth-order valence-corrected chi connectivity index (χ4v) is 1.38. The van der Waals surface area contributed by atoms with Gasteiger partial charge in [-0.1, -0.05) is 13.0 Å². The minimum absolute atomic E-state index is 0.00533. The van der Waals surface area contributed by atoms with E-state index in [4.69, 9.17) is 5.73 Å². The van der Waals surface area contributed by atoms with E-state index < -0.39 is 0 Å². The molecule has 1 heterocycles. The van der Waals surface area contributed by atoms with Crippen LogP contribution in [-0.4, -0.2) is 35.9 Å². The van der Waals surface area contributed by atoms with Gasteiger partial charge in [-0.05, 0) is 18.7 Å². The molecule has 1 rings (SSSR count). The lowest BCUT2D eigenvalue weighted by Gasteiger charge is -2.18. The summed E-state index contributed by atoms with van der Waals surface area (Å²) in [5.74, 6) is 0.513. The molecule has 0 aliphatic carbocycles. The van der Waals surface area contributed by atoms with E-state index in [-0.39, 0.29) is 5.91 Å². The van der Waals surface area contributed by atoms with E-state index in [1.54, 1.807) is 13.1 Å². The minimum Gasteiger partial charge on any atom is -0.384 e. The number of hydrogen-bond donors (Lipinski definition) is 2. The first-order valence-electron chi connectivity index (χ1n) is 5.30. The van der Waals surface area contributed by atoms with Crippen LogP contribution >= 0.6 is 0 Å². The maximum absolute atomic E-state index is 11.2. The minimum atomic E-state index is 0.00533. The van der Waals surface area contributed by atoms with Gasteiger partial charge in [-0.25, -0.2) is 4.98 Å². The highest BCUT2D eigenvalue weighted by atomic mass is 16.1. The third kappa shape index (κ3) is 3.86. The van der Waals surface area contributed by atoms with Gasteiger partial charge < -0.3 is 11.1 Å². The van der Waals surface area contributed by atoms with E-state index in [0.717, 1.165) is 12.2 Å². The summed E-state index contributed by atoms with van der Waals surface area (Å²) in [4.78, 5) is 17.4. The second-order valence-electron chi connectivity index (χ2n) is 3.53. The number of amides is 1. The lowest BCUT2D eigenvalue weighted by molar-refractivity contribution is -0.121. The Balaban J connectivity index is 2.59. The molecule has 0 saturated heterocycles. The van der Waals surface area contributed by atoms with Crippen molar-refractivity contribution in [3.8, 4) is 0 Å². The zero-order chi connectivity index (χ0) is 12.0. The van der Waals surface area contributed by atoms with Crippen LogP contribution in [0.2, 0.25) is 0 Å². The summed E-state index contributed by atoms with van der Waals surface area (Å²) in [7, 11) is 1.63. The van der Waals surface area contributed by atoms with E-state index in [9.17, 15) is 4.79 Å². The van der Waals surface area contributed by atoms with Gasteiger partial charge in [0.25, 0.3) is 0 Å². The number of likely N-dealkylation sites (N-methyl/N-ethyl adjacent to an activating group) is 2. The fraction of sp³-hybridized carbons (Fsp3) is 0.455. The van der Waals surface area contributed by atoms with Gasteiger partial charge >= 0.3 is 0 Å². The maximum atomic E-state index is 11.2. The Morgan fingerprint density at radius 3 is 2.88 bits per heavy atom. The molecule has 0 bridgehead atoms. The second kappa shape index (κ2) is 6.07. The smallest absolute Gasteiger partial charge is 0.233 e. The molecule has 0 spiro atoms. The Morgan fingerprint density at radius 1 is 1.56 bits per heavy atom. The van der Waals surface area contributed by atoms with Crippen LogP contribution < -0.4 is 11.1 Å². The summed E-state index contributed by atoms with van der Waals surface area (Å²) in [5, 5.41) is 2.60. The van der Waals surface area contributed by atoms with E-state index in [2.05, 4.69) is 10.3 Å². The highest BCUT2D eigenvalue weighted by Crippen LogP contribution is 2.04. The molecule has 16 heavy (non-hydrogen) atoms. The Labute approximate surface area is 95.7 Å². The van der Waals surface area contributed by atoms with Gasteiger partial charge in [0.05, 0.1) is 12.2 Å². The highest BCUT2D eigenvalue weighted by Gasteiger charge is 2.08. The molecule has 88 valence electrons. The number of anilines is 1. The van der Waals surface area contributed by atoms with E-state index in [1.807, 2.05) is 24.0 Å². The Bertz CT molecular complexity index is 354. The normalized spacial score (nSPS) is 10.4. The Hall–Kier alpha value is -1.62. The van der Waals surface area contributed by atoms with Crippen LogP contribution in [0.3, 0.4) is 0 Å². The van der Waals surface area contributed by atoms with Crippen molar-refractivity contribution in [2.45, 2.75) is 13.5 Å². The monoisotopic (exact) mass is 222 g/mol. The first kappa shape index (κ1) is 12.4. The van der Waals surface area contributed by atoms with E-state index >= 15 is 0 Å². The molecule has 5 nitrogen and oxygen atoms in total.